The number of ether oxygens (including phenoxy) is 1. The normalized spacial score (nSPS) is 13.2. The van der Waals surface area contributed by atoms with E-state index < -0.39 is 12.3 Å². The molecule has 1 amide bonds. The Bertz CT molecular complexity index is 412. The van der Waals surface area contributed by atoms with Gasteiger partial charge in [0, 0.05) is 26.8 Å². The summed E-state index contributed by atoms with van der Waals surface area (Å²) in [6, 6.07) is 5.21. The van der Waals surface area contributed by atoms with E-state index in [1.807, 2.05) is 0 Å². The number of carbonyl (C=O) groups excluding carboxylic acids is 1. The standard InChI is InChI=1S/C12H14F3NO2/c1-16(2)11(17)9-6-4-8(5-7-9)10(18-3)12(13,14)15/h4-7,10H,1-3H3. The van der Waals surface area contributed by atoms with Crippen LogP contribution in [0.1, 0.15) is 22.0 Å². The Morgan fingerprint density at radius 2 is 1.72 bits per heavy atom. The molecule has 0 aromatic heterocycles. The van der Waals surface area contributed by atoms with Gasteiger partial charge in [0.1, 0.15) is 0 Å². The van der Waals surface area contributed by atoms with Crippen molar-refractivity contribution in [3.05, 3.63) is 35.4 Å². The van der Waals surface area contributed by atoms with E-state index >= 15 is 0 Å². The summed E-state index contributed by atoms with van der Waals surface area (Å²) in [5.74, 6) is -0.262. The van der Waals surface area contributed by atoms with Crippen molar-refractivity contribution in [2.24, 2.45) is 0 Å². The van der Waals surface area contributed by atoms with E-state index in [1.54, 1.807) is 14.1 Å². The summed E-state index contributed by atoms with van der Waals surface area (Å²) in [5, 5.41) is 0. The molecule has 1 aromatic carbocycles. The lowest BCUT2D eigenvalue weighted by Crippen LogP contribution is -2.23. The van der Waals surface area contributed by atoms with E-state index in [0.29, 0.717) is 5.56 Å². The number of nitrogens with zero attached hydrogens (tertiary/aromatic N) is 1. The lowest BCUT2D eigenvalue weighted by molar-refractivity contribution is -0.215. The molecule has 3 nitrogen and oxygen atoms in total. The van der Waals surface area contributed by atoms with Crippen LogP contribution in [0.25, 0.3) is 0 Å². The van der Waals surface area contributed by atoms with Crippen molar-refractivity contribution in [3.63, 3.8) is 0 Å². The summed E-state index contributed by atoms with van der Waals surface area (Å²) in [5.41, 5.74) is 0.307. The van der Waals surface area contributed by atoms with Gasteiger partial charge in [-0.2, -0.15) is 13.2 Å². The monoisotopic (exact) mass is 261 g/mol. The Balaban J connectivity index is 2.98. The number of hydrogen-bond donors (Lipinski definition) is 0. The minimum absolute atomic E-state index is 0.0275. The number of amides is 1. The first-order valence-electron chi connectivity index (χ1n) is 5.18. The lowest BCUT2D eigenvalue weighted by atomic mass is 10.1. The molecule has 0 spiro atoms. The molecule has 0 heterocycles. The molecule has 1 unspecified atom stereocenters. The zero-order valence-corrected chi connectivity index (χ0v) is 10.3. The van der Waals surface area contributed by atoms with Gasteiger partial charge >= 0.3 is 6.18 Å². The Labute approximate surface area is 103 Å². The minimum atomic E-state index is -4.47. The van der Waals surface area contributed by atoms with Crippen LogP contribution in [0, 0.1) is 0 Å². The number of hydrogen-bond acceptors (Lipinski definition) is 2. The third-order valence-corrected chi connectivity index (χ3v) is 2.40. The van der Waals surface area contributed by atoms with Crippen molar-refractivity contribution in [1.29, 1.82) is 0 Å². The summed E-state index contributed by atoms with van der Waals surface area (Å²) < 4.78 is 42.2. The van der Waals surface area contributed by atoms with Crippen LogP contribution in [0.2, 0.25) is 0 Å². The summed E-state index contributed by atoms with van der Waals surface area (Å²) in [7, 11) is 4.14. The highest BCUT2D eigenvalue weighted by atomic mass is 19.4. The molecule has 0 aliphatic heterocycles. The van der Waals surface area contributed by atoms with Crippen LogP contribution in [0.4, 0.5) is 13.2 Å². The molecule has 0 saturated carbocycles. The zero-order valence-electron chi connectivity index (χ0n) is 10.3. The van der Waals surface area contributed by atoms with Crippen LogP contribution in [-0.4, -0.2) is 38.2 Å². The largest absolute Gasteiger partial charge is 0.418 e. The van der Waals surface area contributed by atoms with Gasteiger partial charge in [-0.1, -0.05) is 12.1 Å². The molecule has 1 aromatic rings. The zero-order chi connectivity index (χ0) is 13.9. The molecule has 0 fully saturated rings. The molecule has 0 aliphatic carbocycles. The predicted molar refractivity (Wildman–Crippen MR) is 60.3 cm³/mol. The van der Waals surface area contributed by atoms with E-state index in [-0.39, 0.29) is 11.5 Å². The lowest BCUT2D eigenvalue weighted by Gasteiger charge is -2.19. The highest BCUT2D eigenvalue weighted by Crippen LogP contribution is 2.35. The molecular weight excluding hydrogens is 247 g/mol. The number of halogens is 3. The molecular formula is C12H14F3NO2. The third kappa shape index (κ3) is 3.22. The van der Waals surface area contributed by atoms with Crippen LogP contribution < -0.4 is 0 Å². The minimum Gasteiger partial charge on any atom is -0.367 e. The topological polar surface area (TPSA) is 29.5 Å². The van der Waals surface area contributed by atoms with Crippen LogP contribution in [0.5, 0.6) is 0 Å². The fraction of sp³-hybridized carbons (Fsp3) is 0.417. The molecule has 6 heteroatoms. The van der Waals surface area contributed by atoms with Crippen LogP contribution in [0.3, 0.4) is 0 Å². The fourth-order valence-electron chi connectivity index (χ4n) is 1.52. The molecule has 1 atom stereocenters. The first-order chi connectivity index (χ1) is 8.27. The maximum Gasteiger partial charge on any atom is 0.418 e. The van der Waals surface area contributed by atoms with Crippen molar-refractivity contribution < 1.29 is 22.7 Å². The molecule has 1 rings (SSSR count). The van der Waals surface area contributed by atoms with Gasteiger partial charge in [-0.25, -0.2) is 0 Å². The maximum atomic E-state index is 12.6. The second kappa shape index (κ2) is 5.39. The smallest absolute Gasteiger partial charge is 0.367 e. The average Bonchev–Trinajstić information content (AvgIpc) is 2.28. The molecule has 0 saturated heterocycles. The molecule has 0 N–H and O–H groups in total. The van der Waals surface area contributed by atoms with Crippen molar-refractivity contribution in [3.8, 4) is 0 Å². The second-order valence-corrected chi connectivity index (χ2v) is 3.98. The predicted octanol–water partition coefficient (Wildman–Crippen LogP) is 2.64. The van der Waals surface area contributed by atoms with E-state index in [1.165, 1.54) is 29.2 Å². The Hall–Kier alpha value is -1.56. The van der Waals surface area contributed by atoms with Crippen LogP contribution in [-0.2, 0) is 4.74 Å². The van der Waals surface area contributed by atoms with Gasteiger partial charge in [0.05, 0.1) is 0 Å². The summed E-state index contributed by atoms with van der Waals surface area (Å²) >= 11 is 0. The molecule has 0 radical (unpaired) electrons. The van der Waals surface area contributed by atoms with Gasteiger partial charge in [0.2, 0.25) is 0 Å². The maximum absolute atomic E-state index is 12.6. The highest BCUT2D eigenvalue weighted by molar-refractivity contribution is 5.93. The Morgan fingerprint density at radius 3 is 2.06 bits per heavy atom. The van der Waals surface area contributed by atoms with Crippen molar-refractivity contribution >= 4 is 5.91 Å². The van der Waals surface area contributed by atoms with Gasteiger partial charge < -0.3 is 9.64 Å². The molecule has 100 valence electrons. The van der Waals surface area contributed by atoms with Gasteiger partial charge in [-0.05, 0) is 17.7 Å². The summed E-state index contributed by atoms with van der Waals surface area (Å²) in [6.45, 7) is 0. The van der Waals surface area contributed by atoms with Gasteiger partial charge in [0.15, 0.2) is 6.10 Å². The summed E-state index contributed by atoms with van der Waals surface area (Å²) in [4.78, 5) is 12.9. The first-order valence-corrected chi connectivity index (χ1v) is 5.18. The second-order valence-electron chi connectivity index (χ2n) is 3.98. The van der Waals surface area contributed by atoms with Gasteiger partial charge in [-0.3, -0.25) is 4.79 Å². The number of methoxy groups -OCH3 is 1. The fourth-order valence-corrected chi connectivity index (χ4v) is 1.52. The highest BCUT2D eigenvalue weighted by Gasteiger charge is 2.41. The number of rotatable bonds is 3. The number of carbonyl (C=O) groups is 1. The van der Waals surface area contributed by atoms with Crippen LogP contribution in [0.15, 0.2) is 24.3 Å². The number of alkyl halides is 3. The molecule has 0 bridgehead atoms. The number of benzene rings is 1. The van der Waals surface area contributed by atoms with Crippen LogP contribution >= 0.6 is 0 Å². The van der Waals surface area contributed by atoms with E-state index in [9.17, 15) is 18.0 Å². The van der Waals surface area contributed by atoms with Crippen molar-refractivity contribution in [1.82, 2.24) is 4.90 Å². The summed E-state index contributed by atoms with van der Waals surface area (Å²) in [6.07, 6.45) is -6.44. The quantitative estimate of drug-likeness (QED) is 0.837. The Kier molecular flexibility index (Phi) is 4.34. The first kappa shape index (κ1) is 14.5. The van der Waals surface area contributed by atoms with Gasteiger partial charge in [-0.15, -0.1) is 0 Å². The van der Waals surface area contributed by atoms with E-state index in [2.05, 4.69) is 4.74 Å². The van der Waals surface area contributed by atoms with E-state index in [4.69, 9.17) is 0 Å². The molecule has 18 heavy (non-hydrogen) atoms. The van der Waals surface area contributed by atoms with Gasteiger partial charge in [0.25, 0.3) is 5.91 Å². The Morgan fingerprint density at radius 1 is 1.22 bits per heavy atom. The van der Waals surface area contributed by atoms with Crippen molar-refractivity contribution in [2.75, 3.05) is 21.2 Å². The third-order valence-electron chi connectivity index (χ3n) is 2.40. The average molecular weight is 261 g/mol. The van der Waals surface area contributed by atoms with E-state index in [0.717, 1.165) is 7.11 Å². The SMILES string of the molecule is COC(c1ccc(C(=O)N(C)C)cc1)C(F)(F)F. The van der Waals surface area contributed by atoms with Crippen molar-refractivity contribution in [2.45, 2.75) is 12.3 Å². The molecule has 0 aliphatic rings.